The van der Waals surface area contributed by atoms with E-state index >= 15 is 0 Å². The highest BCUT2D eigenvalue weighted by Gasteiger charge is 2.16. The quantitative estimate of drug-likeness (QED) is 0.864. The van der Waals surface area contributed by atoms with Gasteiger partial charge in [-0.25, -0.2) is 0 Å². The first-order valence-electron chi connectivity index (χ1n) is 7.81. The van der Waals surface area contributed by atoms with Crippen LogP contribution >= 0.6 is 0 Å². The van der Waals surface area contributed by atoms with Crippen LogP contribution in [-0.4, -0.2) is 47.6 Å². The Kier molecular flexibility index (Phi) is 6.02. The lowest BCUT2D eigenvalue weighted by molar-refractivity contribution is 0.123. The van der Waals surface area contributed by atoms with Gasteiger partial charge in [-0.15, -0.1) is 0 Å². The predicted octanol–water partition coefficient (Wildman–Crippen LogP) is 2.34. The van der Waals surface area contributed by atoms with Gasteiger partial charge in [0.25, 0.3) is 0 Å². The van der Waals surface area contributed by atoms with E-state index in [1.807, 2.05) is 12.1 Å². The van der Waals surface area contributed by atoms with Crippen LogP contribution in [0.15, 0.2) is 24.3 Å². The molecule has 3 nitrogen and oxygen atoms in total. The highest BCUT2D eigenvalue weighted by atomic mass is 16.3. The summed E-state index contributed by atoms with van der Waals surface area (Å²) in [7, 11) is 0. The van der Waals surface area contributed by atoms with Crippen LogP contribution in [0.3, 0.4) is 0 Å². The minimum atomic E-state index is 0.134. The summed E-state index contributed by atoms with van der Waals surface area (Å²) >= 11 is 0. The topological polar surface area (TPSA) is 26.7 Å². The molecule has 0 amide bonds. The molecule has 0 saturated carbocycles. The van der Waals surface area contributed by atoms with Gasteiger partial charge in [-0.05, 0) is 30.0 Å². The standard InChI is InChI=1S/C17H28N2O/c1-15(2)7-8-18-9-11-19(12-10-18)13-16-3-5-17(14-20)6-4-16/h3-6,15,20H,7-14H2,1-2H3. The minimum absolute atomic E-state index is 0.134. The molecule has 1 fully saturated rings. The first-order chi connectivity index (χ1) is 9.67. The van der Waals surface area contributed by atoms with Gasteiger partial charge in [-0.3, -0.25) is 4.90 Å². The molecule has 0 atom stereocenters. The summed E-state index contributed by atoms with van der Waals surface area (Å²) in [6.45, 7) is 11.7. The second-order valence-corrected chi connectivity index (χ2v) is 6.27. The average molecular weight is 276 g/mol. The fourth-order valence-corrected chi connectivity index (χ4v) is 2.62. The zero-order valence-electron chi connectivity index (χ0n) is 12.9. The van der Waals surface area contributed by atoms with E-state index in [4.69, 9.17) is 5.11 Å². The van der Waals surface area contributed by atoms with Crippen LogP contribution in [0, 0.1) is 5.92 Å². The Balaban J connectivity index is 1.73. The number of rotatable bonds is 6. The first-order valence-corrected chi connectivity index (χ1v) is 7.81. The highest BCUT2D eigenvalue weighted by Crippen LogP contribution is 2.11. The summed E-state index contributed by atoms with van der Waals surface area (Å²) < 4.78 is 0. The molecule has 1 saturated heterocycles. The summed E-state index contributed by atoms with van der Waals surface area (Å²) in [5, 5.41) is 9.05. The molecule has 0 unspecified atom stereocenters. The largest absolute Gasteiger partial charge is 0.392 e. The van der Waals surface area contributed by atoms with Gasteiger partial charge < -0.3 is 10.0 Å². The van der Waals surface area contributed by atoms with Crippen molar-refractivity contribution in [3.05, 3.63) is 35.4 Å². The van der Waals surface area contributed by atoms with Gasteiger partial charge in [0.05, 0.1) is 6.61 Å². The molecule has 0 radical (unpaired) electrons. The van der Waals surface area contributed by atoms with Gasteiger partial charge in [0.15, 0.2) is 0 Å². The van der Waals surface area contributed by atoms with E-state index in [-0.39, 0.29) is 6.61 Å². The zero-order chi connectivity index (χ0) is 14.4. The Labute approximate surface area is 123 Å². The van der Waals surface area contributed by atoms with Crippen LogP contribution in [0.25, 0.3) is 0 Å². The third kappa shape index (κ3) is 4.89. The van der Waals surface area contributed by atoms with Crippen molar-refractivity contribution in [2.75, 3.05) is 32.7 Å². The fourth-order valence-electron chi connectivity index (χ4n) is 2.62. The van der Waals surface area contributed by atoms with E-state index in [0.29, 0.717) is 0 Å². The molecule has 20 heavy (non-hydrogen) atoms. The molecule has 1 aromatic rings. The average Bonchev–Trinajstić information content (AvgIpc) is 2.47. The van der Waals surface area contributed by atoms with Crippen molar-refractivity contribution < 1.29 is 5.11 Å². The lowest BCUT2D eigenvalue weighted by atomic mass is 10.1. The molecule has 1 aromatic carbocycles. The maximum Gasteiger partial charge on any atom is 0.0681 e. The van der Waals surface area contributed by atoms with Crippen molar-refractivity contribution in [3.8, 4) is 0 Å². The van der Waals surface area contributed by atoms with Crippen LogP contribution in [0.5, 0.6) is 0 Å². The van der Waals surface area contributed by atoms with Crippen molar-refractivity contribution in [2.24, 2.45) is 5.92 Å². The molecule has 0 aliphatic carbocycles. The predicted molar refractivity (Wildman–Crippen MR) is 83.5 cm³/mol. The fraction of sp³-hybridized carbons (Fsp3) is 0.647. The summed E-state index contributed by atoms with van der Waals surface area (Å²) in [4.78, 5) is 5.12. The van der Waals surface area contributed by atoms with Crippen molar-refractivity contribution >= 4 is 0 Å². The molecule has 0 aromatic heterocycles. The van der Waals surface area contributed by atoms with Gasteiger partial charge in [0.2, 0.25) is 0 Å². The van der Waals surface area contributed by atoms with Crippen LogP contribution in [0.1, 0.15) is 31.4 Å². The Morgan fingerprint density at radius 2 is 1.50 bits per heavy atom. The SMILES string of the molecule is CC(C)CCN1CCN(Cc2ccc(CO)cc2)CC1. The van der Waals surface area contributed by atoms with E-state index in [2.05, 4.69) is 35.8 Å². The van der Waals surface area contributed by atoms with Crippen molar-refractivity contribution in [1.82, 2.24) is 9.80 Å². The lowest BCUT2D eigenvalue weighted by Gasteiger charge is -2.35. The lowest BCUT2D eigenvalue weighted by Crippen LogP contribution is -2.46. The second-order valence-electron chi connectivity index (χ2n) is 6.27. The van der Waals surface area contributed by atoms with Gasteiger partial charge in [-0.2, -0.15) is 0 Å². The van der Waals surface area contributed by atoms with Gasteiger partial charge in [0.1, 0.15) is 0 Å². The Hall–Kier alpha value is -0.900. The number of piperazine rings is 1. The molecule has 112 valence electrons. The van der Waals surface area contributed by atoms with Crippen LogP contribution in [-0.2, 0) is 13.2 Å². The molecular weight excluding hydrogens is 248 g/mol. The van der Waals surface area contributed by atoms with E-state index in [1.165, 1.54) is 44.7 Å². The summed E-state index contributed by atoms with van der Waals surface area (Å²) in [5.74, 6) is 0.804. The third-order valence-corrected chi connectivity index (χ3v) is 4.10. The Morgan fingerprint density at radius 3 is 2.05 bits per heavy atom. The van der Waals surface area contributed by atoms with Gasteiger partial charge in [-0.1, -0.05) is 38.1 Å². The number of aliphatic hydroxyl groups excluding tert-OH is 1. The maximum atomic E-state index is 9.05. The number of aliphatic hydroxyl groups is 1. The number of hydrogen-bond acceptors (Lipinski definition) is 3. The van der Waals surface area contributed by atoms with Crippen molar-refractivity contribution in [2.45, 2.75) is 33.4 Å². The maximum absolute atomic E-state index is 9.05. The third-order valence-electron chi connectivity index (χ3n) is 4.10. The first kappa shape index (κ1) is 15.5. The van der Waals surface area contributed by atoms with Crippen molar-refractivity contribution in [1.29, 1.82) is 0 Å². The van der Waals surface area contributed by atoms with Crippen molar-refractivity contribution in [3.63, 3.8) is 0 Å². The van der Waals surface area contributed by atoms with Gasteiger partial charge >= 0.3 is 0 Å². The molecule has 2 rings (SSSR count). The summed E-state index contributed by atoms with van der Waals surface area (Å²) in [6.07, 6.45) is 1.31. The van der Waals surface area contributed by atoms with E-state index in [9.17, 15) is 0 Å². The molecule has 1 N–H and O–H groups in total. The normalized spacial score (nSPS) is 17.8. The molecule has 0 spiro atoms. The molecule has 1 aliphatic heterocycles. The van der Waals surface area contributed by atoms with E-state index in [0.717, 1.165) is 18.0 Å². The van der Waals surface area contributed by atoms with E-state index in [1.54, 1.807) is 0 Å². The number of nitrogens with zero attached hydrogens (tertiary/aromatic N) is 2. The monoisotopic (exact) mass is 276 g/mol. The zero-order valence-corrected chi connectivity index (χ0v) is 12.9. The highest BCUT2D eigenvalue weighted by molar-refractivity contribution is 5.21. The second kappa shape index (κ2) is 7.77. The Morgan fingerprint density at radius 1 is 0.950 bits per heavy atom. The Bertz CT molecular complexity index is 380. The van der Waals surface area contributed by atoms with Crippen LogP contribution in [0.4, 0.5) is 0 Å². The summed E-state index contributed by atoms with van der Waals surface area (Å²) in [5.41, 5.74) is 2.34. The van der Waals surface area contributed by atoms with E-state index < -0.39 is 0 Å². The molecule has 1 aliphatic rings. The molecule has 3 heteroatoms. The van der Waals surface area contributed by atoms with Gasteiger partial charge in [0, 0.05) is 32.7 Å². The molecular formula is C17H28N2O. The van der Waals surface area contributed by atoms with Crippen LogP contribution < -0.4 is 0 Å². The smallest absolute Gasteiger partial charge is 0.0681 e. The summed E-state index contributed by atoms with van der Waals surface area (Å²) in [6, 6.07) is 8.32. The number of benzene rings is 1. The van der Waals surface area contributed by atoms with Crippen LogP contribution in [0.2, 0.25) is 0 Å². The number of hydrogen-bond donors (Lipinski definition) is 1. The minimum Gasteiger partial charge on any atom is -0.392 e. The molecule has 0 bridgehead atoms. The molecule has 1 heterocycles.